The first-order chi connectivity index (χ1) is 15.1. The molecule has 1 amide bonds. The molecular formula is C23H29ClN4O4. The minimum absolute atomic E-state index is 0.0305. The fraction of sp³-hybridized carbons (Fsp3) is 0.435. The number of ether oxygens (including phenoxy) is 1. The fourth-order valence-corrected chi connectivity index (χ4v) is 3.87. The maximum absolute atomic E-state index is 12.3. The van der Waals surface area contributed by atoms with Gasteiger partial charge in [0.15, 0.2) is 0 Å². The molecule has 1 heterocycles. The van der Waals surface area contributed by atoms with Crippen molar-refractivity contribution < 1.29 is 14.5 Å². The Hall–Kier alpha value is -3.00. The predicted octanol–water partition coefficient (Wildman–Crippen LogP) is 5.46. The number of rotatable bonds is 5. The maximum Gasteiger partial charge on any atom is 0.410 e. The summed E-state index contributed by atoms with van der Waals surface area (Å²) in [4.78, 5) is 29.4. The Labute approximate surface area is 193 Å². The van der Waals surface area contributed by atoms with Gasteiger partial charge in [-0.3, -0.25) is 10.1 Å². The third-order valence-corrected chi connectivity index (χ3v) is 5.41. The molecule has 2 aromatic rings. The number of nitro groups is 1. The molecule has 1 saturated heterocycles. The van der Waals surface area contributed by atoms with Gasteiger partial charge < -0.3 is 19.4 Å². The van der Waals surface area contributed by atoms with Crippen LogP contribution in [0.1, 0.15) is 27.7 Å². The summed E-state index contributed by atoms with van der Waals surface area (Å²) in [6.07, 6.45) is -0.320. The van der Waals surface area contributed by atoms with Gasteiger partial charge in [-0.1, -0.05) is 17.7 Å². The molecule has 1 fully saturated rings. The summed E-state index contributed by atoms with van der Waals surface area (Å²) in [6.45, 7) is 10.3. The van der Waals surface area contributed by atoms with E-state index in [4.69, 9.17) is 16.3 Å². The average Bonchev–Trinajstić information content (AvgIpc) is 2.73. The number of nitrogens with zero attached hydrogens (tertiary/aromatic N) is 4. The Morgan fingerprint density at radius 1 is 1.16 bits per heavy atom. The molecule has 172 valence electrons. The van der Waals surface area contributed by atoms with E-state index in [2.05, 4.69) is 4.90 Å². The number of amides is 1. The van der Waals surface area contributed by atoms with Crippen molar-refractivity contribution in [2.24, 2.45) is 0 Å². The summed E-state index contributed by atoms with van der Waals surface area (Å²) in [5.41, 5.74) is 1.66. The molecule has 9 heteroatoms. The lowest BCUT2D eigenvalue weighted by Crippen LogP contribution is -2.50. The van der Waals surface area contributed by atoms with Crippen LogP contribution in [0.15, 0.2) is 42.5 Å². The van der Waals surface area contributed by atoms with Crippen LogP contribution in [0, 0.1) is 10.1 Å². The Kier molecular flexibility index (Phi) is 7.13. The van der Waals surface area contributed by atoms with E-state index in [1.54, 1.807) is 23.1 Å². The van der Waals surface area contributed by atoms with Crippen molar-refractivity contribution in [2.75, 3.05) is 42.5 Å². The molecule has 0 aliphatic carbocycles. The van der Waals surface area contributed by atoms with Crippen LogP contribution in [0.5, 0.6) is 0 Å². The van der Waals surface area contributed by atoms with Crippen LogP contribution < -0.4 is 9.80 Å². The van der Waals surface area contributed by atoms with Gasteiger partial charge in [-0.2, -0.15) is 0 Å². The topological polar surface area (TPSA) is 79.2 Å². The van der Waals surface area contributed by atoms with Crippen molar-refractivity contribution in [1.82, 2.24) is 4.90 Å². The summed E-state index contributed by atoms with van der Waals surface area (Å²) in [5.74, 6) is 0. The summed E-state index contributed by atoms with van der Waals surface area (Å²) in [5, 5.41) is 12.3. The monoisotopic (exact) mass is 460 g/mol. The molecule has 0 unspecified atom stereocenters. The number of piperazine rings is 1. The second-order valence-electron chi connectivity index (χ2n) is 8.61. The van der Waals surface area contributed by atoms with Gasteiger partial charge in [-0.15, -0.1) is 0 Å². The standard InChI is InChI=1S/C23H29ClN4O4/c1-5-27(19-8-6-7-17(24)15-19)21-16-18(9-10-20(21)28(30)31)25-11-13-26(14-12-25)22(29)32-23(2,3)4/h6-10,15-16H,5,11-14H2,1-4H3. The van der Waals surface area contributed by atoms with Crippen LogP contribution in [-0.4, -0.2) is 54.2 Å². The highest BCUT2D eigenvalue weighted by molar-refractivity contribution is 6.30. The highest BCUT2D eigenvalue weighted by atomic mass is 35.5. The molecule has 0 bridgehead atoms. The molecule has 1 aliphatic heterocycles. The van der Waals surface area contributed by atoms with Crippen LogP contribution in [0.3, 0.4) is 0 Å². The molecule has 0 spiro atoms. The number of hydrogen-bond donors (Lipinski definition) is 0. The van der Waals surface area contributed by atoms with Gasteiger partial charge in [-0.25, -0.2) is 4.79 Å². The van der Waals surface area contributed by atoms with E-state index >= 15 is 0 Å². The number of halogens is 1. The zero-order valence-electron chi connectivity index (χ0n) is 18.9. The summed E-state index contributed by atoms with van der Waals surface area (Å²) >= 11 is 6.16. The number of benzene rings is 2. The van der Waals surface area contributed by atoms with E-state index in [1.165, 1.54) is 6.07 Å². The lowest BCUT2D eigenvalue weighted by Gasteiger charge is -2.37. The molecule has 0 radical (unpaired) electrons. The normalized spacial score (nSPS) is 14.3. The van der Waals surface area contributed by atoms with Crippen molar-refractivity contribution in [3.8, 4) is 0 Å². The molecule has 0 aromatic heterocycles. The zero-order valence-corrected chi connectivity index (χ0v) is 19.6. The molecule has 0 saturated carbocycles. The molecular weight excluding hydrogens is 432 g/mol. The van der Waals surface area contributed by atoms with Crippen LogP contribution in [0.2, 0.25) is 5.02 Å². The van der Waals surface area contributed by atoms with Gasteiger partial charge in [0.1, 0.15) is 11.3 Å². The van der Waals surface area contributed by atoms with Crippen LogP contribution >= 0.6 is 11.6 Å². The Morgan fingerprint density at radius 3 is 2.41 bits per heavy atom. The second-order valence-corrected chi connectivity index (χ2v) is 9.05. The lowest BCUT2D eigenvalue weighted by atomic mass is 10.1. The third kappa shape index (κ3) is 5.62. The van der Waals surface area contributed by atoms with Crippen LogP contribution in [-0.2, 0) is 4.74 Å². The van der Waals surface area contributed by atoms with Gasteiger partial charge in [0, 0.05) is 55.2 Å². The summed E-state index contributed by atoms with van der Waals surface area (Å²) < 4.78 is 5.46. The molecule has 1 aliphatic rings. The lowest BCUT2D eigenvalue weighted by molar-refractivity contribution is -0.384. The van der Waals surface area contributed by atoms with Gasteiger partial charge in [-0.05, 0) is 58.0 Å². The molecule has 2 aromatic carbocycles. The summed E-state index contributed by atoms with van der Waals surface area (Å²) in [7, 11) is 0. The van der Waals surface area contributed by atoms with E-state index in [1.807, 2.05) is 50.8 Å². The first-order valence-corrected chi connectivity index (χ1v) is 11.0. The van der Waals surface area contributed by atoms with Crippen molar-refractivity contribution in [3.05, 3.63) is 57.6 Å². The van der Waals surface area contributed by atoms with Crippen molar-refractivity contribution in [1.29, 1.82) is 0 Å². The Morgan fingerprint density at radius 2 is 1.84 bits per heavy atom. The number of nitro benzene ring substituents is 1. The SMILES string of the molecule is CCN(c1cccc(Cl)c1)c1cc(N2CCN(C(=O)OC(C)(C)C)CC2)ccc1[N+](=O)[O-]. The van der Waals surface area contributed by atoms with Gasteiger partial charge >= 0.3 is 6.09 Å². The van der Waals surface area contributed by atoms with E-state index in [0.717, 1.165) is 11.4 Å². The number of carbonyl (C=O) groups is 1. The highest BCUT2D eigenvalue weighted by Crippen LogP contribution is 2.37. The first kappa shape index (κ1) is 23.7. The molecule has 32 heavy (non-hydrogen) atoms. The Balaban J connectivity index is 1.84. The smallest absolute Gasteiger partial charge is 0.410 e. The minimum Gasteiger partial charge on any atom is -0.444 e. The average molecular weight is 461 g/mol. The highest BCUT2D eigenvalue weighted by Gasteiger charge is 2.27. The number of anilines is 3. The molecule has 0 N–H and O–H groups in total. The fourth-order valence-electron chi connectivity index (χ4n) is 3.69. The van der Waals surface area contributed by atoms with E-state index < -0.39 is 5.60 Å². The molecule has 8 nitrogen and oxygen atoms in total. The van der Waals surface area contributed by atoms with Crippen LogP contribution in [0.4, 0.5) is 27.5 Å². The van der Waals surface area contributed by atoms with Gasteiger partial charge in [0.05, 0.1) is 4.92 Å². The second kappa shape index (κ2) is 9.65. The first-order valence-electron chi connectivity index (χ1n) is 10.6. The van der Waals surface area contributed by atoms with E-state index in [-0.39, 0.29) is 16.7 Å². The number of hydrogen-bond acceptors (Lipinski definition) is 6. The number of carbonyl (C=O) groups excluding carboxylic acids is 1. The Bertz CT molecular complexity index is 984. The van der Waals surface area contributed by atoms with E-state index in [0.29, 0.717) is 43.4 Å². The van der Waals surface area contributed by atoms with Crippen LogP contribution in [0.25, 0.3) is 0 Å². The quantitative estimate of drug-likeness (QED) is 0.435. The maximum atomic E-state index is 12.3. The molecule has 3 rings (SSSR count). The zero-order chi connectivity index (χ0) is 23.5. The van der Waals surface area contributed by atoms with Crippen molar-refractivity contribution in [2.45, 2.75) is 33.3 Å². The molecule has 0 atom stereocenters. The minimum atomic E-state index is -0.536. The third-order valence-electron chi connectivity index (χ3n) is 5.18. The summed E-state index contributed by atoms with van der Waals surface area (Å²) in [6, 6.07) is 12.4. The van der Waals surface area contributed by atoms with Crippen molar-refractivity contribution >= 4 is 40.4 Å². The van der Waals surface area contributed by atoms with Gasteiger partial charge in [0.25, 0.3) is 5.69 Å². The predicted molar refractivity (Wildman–Crippen MR) is 127 cm³/mol. The van der Waals surface area contributed by atoms with Crippen molar-refractivity contribution in [3.63, 3.8) is 0 Å². The van der Waals surface area contributed by atoms with E-state index in [9.17, 15) is 14.9 Å². The van der Waals surface area contributed by atoms with Gasteiger partial charge in [0.2, 0.25) is 0 Å². The largest absolute Gasteiger partial charge is 0.444 e.